The molecule has 6 rings (SSSR count). The Kier molecular flexibility index (Phi) is 14.3. The van der Waals surface area contributed by atoms with Crippen LogP contribution in [0.15, 0.2) is 107 Å². The van der Waals surface area contributed by atoms with Gasteiger partial charge in [0.1, 0.15) is 0 Å². The van der Waals surface area contributed by atoms with Gasteiger partial charge in [-0.1, -0.05) is 93.1 Å². The molecule has 0 unspecified atom stereocenters. The zero-order valence-corrected chi connectivity index (χ0v) is 30.4. The molecule has 0 aliphatic carbocycles. The van der Waals surface area contributed by atoms with E-state index in [4.69, 9.17) is 9.98 Å². The van der Waals surface area contributed by atoms with Crippen molar-refractivity contribution in [1.29, 1.82) is 0 Å². The molecule has 0 amide bonds. The summed E-state index contributed by atoms with van der Waals surface area (Å²) in [5, 5.41) is 25.4. The van der Waals surface area contributed by atoms with Crippen molar-refractivity contribution in [2.45, 2.75) is 21.3 Å². The van der Waals surface area contributed by atoms with Crippen LogP contribution in [0.5, 0.6) is 11.5 Å². The fourth-order valence-corrected chi connectivity index (χ4v) is 4.98. The third kappa shape index (κ3) is 7.64. The summed E-state index contributed by atoms with van der Waals surface area (Å²) in [5.41, 5.74) is 6.06. The van der Waals surface area contributed by atoms with E-state index in [2.05, 4.69) is 48.5 Å². The monoisotopic (exact) mass is 771 g/mol. The molecular weight excluding hydrogens is 741 g/mol. The molecule has 0 aliphatic rings. The van der Waals surface area contributed by atoms with Gasteiger partial charge in [-0.3, -0.25) is 9.98 Å². The molecule has 44 heavy (non-hydrogen) atoms. The van der Waals surface area contributed by atoms with Crippen LogP contribution >= 0.6 is 0 Å². The summed E-state index contributed by atoms with van der Waals surface area (Å²) in [5.74, 6) is 0.380. The van der Waals surface area contributed by atoms with Crippen molar-refractivity contribution in [2.24, 2.45) is 9.98 Å². The van der Waals surface area contributed by atoms with Crippen LogP contribution in [0.3, 0.4) is 0 Å². The molecule has 0 aliphatic heterocycles. The Bertz CT molecular complexity index is 1830. The second kappa shape index (κ2) is 16.7. The average Bonchev–Trinajstić information content (AvgIpc) is 2.98. The number of fused-ring (bicyclic) bond motifs is 2. The van der Waals surface area contributed by atoms with Gasteiger partial charge in [-0.25, -0.2) is 0 Å². The number of nitrogens with zero attached hydrogens (tertiary/aromatic N) is 2. The maximum Gasteiger partial charge on any atom is 0.0702 e. The van der Waals surface area contributed by atoms with E-state index < -0.39 is 0 Å². The molecule has 2 N–H and O–H groups in total. The minimum atomic E-state index is 0. The first-order valence-electron chi connectivity index (χ1n) is 13.0. The number of benzene rings is 6. The van der Waals surface area contributed by atoms with E-state index in [0.29, 0.717) is 11.1 Å². The van der Waals surface area contributed by atoms with Gasteiger partial charge in [-0.2, -0.15) is 36.4 Å². The minimum absolute atomic E-state index is 0. The van der Waals surface area contributed by atoms with E-state index in [1.807, 2.05) is 50.2 Å². The van der Waals surface area contributed by atoms with Crippen LogP contribution in [0.4, 0.5) is 11.4 Å². The Labute approximate surface area is 319 Å². The largest absolute Gasteiger partial charge is 0.533 e. The van der Waals surface area contributed by atoms with E-state index in [0.717, 1.165) is 55.2 Å². The minimum Gasteiger partial charge on any atom is -0.533 e. The maximum atomic E-state index is 10.6. The number of hydrogen-bond donors (Lipinski definition) is 2. The van der Waals surface area contributed by atoms with Crippen LogP contribution in [-0.2, 0) is 82.2 Å². The van der Waals surface area contributed by atoms with Gasteiger partial charge in [0.05, 0.1) is 11.4 Å². The smallest absolute Gasteiger partial charge is 0.0702 e. The number of phenolic OH excluding ortho intramolecular Hbond substituents is 2. The molecule has 0 aromatic heterocycles. The molecule has 0 bridgehead atoms. The summed E-state index contributed by atoms with van der Waals surface area (Å²) >= 11 is 0. The molecule has 0 fully saturated rings. The molecular formula is C37H30CoN2O2Y2-2. The fourth-order valence-electron chi connectivity index (χ4n) is 4.98. The van der Waals surface area contributed by atoms with Crippen LogP contribution in [0.2, 0.25) is 0 Å². The molecule has 3 radical (unpaired) electrons. The predicted octanol–water partition coefficient (Wildman–Crippen LogP) is 9.42. The number of aromatic hydroxyl groups is 2. The quantitative estimate of drug-likeness (QED) is 0.136. The van der Waals surface area contributed by atoms with Gasteiger partial charge in [0, 0.05) is 105 Å². The first-order valence-corrected chi connectivity index (χ1v) is 13.0. The molecule has 6 aromatic rings. The molecule has 6 aromatic carbocycles. The average molecular weight is 771 g/mol. The SMILES string of the molecule is C.Cc1c[c-]cc(C=Nc2ccc3ccccc3c2-c2c(N=Cc3c[c-]cc(C)c3O)ccc3ccccc23)c1O.[Co].[Y].[Y]. The van der Waals surface area contributed by atoms with Crippen LogP contribution in [0, 0.1) is 26.0 Å². The van der Waals surface area contributed by atoms with E-state index in [1.165, 1.54) is 0 Å². The van der Waals surface area contributed by atoms with Crippen molar-refractivity contribution in [3.8, 4) is 22.6 Å². The first-order chi connectivity index (χ1) is 19.5. The Morgan fingerprint density at radius 1 is 0.568 bits per heavy atom. The van der Waals surface area contributed by atoms with Crippen molar-refractivity contribution in [3.63, 3.8) is 0 Å². The second-order valence-corrected chi connectivity index (χ2v) is 9.76. The predicted molar refractivity (Wildman–Crippen MR) is 171 cm³/mol. The van der Waals surface area contributed by atoms with Crippen molar-refractivity contribution in [2.75, 3.05) is 0 Å². The van der Waals surface area contributed by atoms with Crippen molar-refractivity contribution in [1.82, 2.24) is 0 Å². The number of rotatable bonds is 5. The van der Waals surface area contributed by atoms with Gasteiger partial charge in [0.25, 0.3) is 0 Å². The van der Waals surface area contributed by atoms with Crippen LogP contribution in [0.1, 0.15) is 29.7 Å². The Hall–Kier alpha value is -2.51. The normalized spacial score (nSPS) is 10.7. The summed E-state index contributed by atoms with van der Waals surface area (Å²) in [6.07, 6.45) is 3.36. The summed E-state index contributed by atoms with van der Waals surface area (Å²) in [7, 11) is 0. The molecule has 217 valence electrons. The van der Waals surface area contributed by atoms with Gasteiger partial charge in [-0.15, -0.1) is 11.1 Å². The summed E-state index contributed by atoms with van der Waals surface area (Å²) in [4.78, 5) is 9.79. The summed E-state index contributed by atoms with van der Waals surface area (Å²) in [6.45, 7) is 3.68. The van der Waals surface area contributed by atoms with Crippen LogP contribution in [0.25, 0.3) is 32.7 Å². The molecule has 0 heterocycles. The Morgan fingerprint density at radius 2 is 0.955 bits per heavy atom. The van der Waals surface area contributed by atoms with Gasteiger partial charge < -0.3 is 10.2 Å². The molecule has 0 spiro atoms. The van der Waals surface area contributed by atoms with Gasteiger partial charge in [-0.05, 0) is 46.1 Å². The number of phenols is 2. The van der Waals surface area contributed by atoms with Crippen LogP contribution in [-0.4, -0.2) is 22.6 Å². The van der Waals surface area contributed by atoms with E-state index >= 15 is 0 Å². The molecule has 7 heteroatoms. The topological polar surface area (TPSA) is 65.2 Å². The number of aliphatic imine (C=N–C) groups is 2. The van der Waals surface area contributed by atoms with Crippen LogP contribution < -0.4 is 0 Å². The zero-order valence-electron chi connectivity index (χ0n) is 23.7. The van der Waals surface area contributed by atoms with Gasteiger partial charge in [0.15, 0.2) is 0 Å². The van der Waals surface area contributed by atoms with E-state index in [-0.39, 0.29) is 101 Å². The first kappa shape index (κ1) is 37.7. The van der Waals surface area contributed by atoms with Crippen molar-refractivity contribution < 1.29 is 92.4 Å². The molecule has 0 atom stereocenters. The zero-order chi connectivity index (χ0) is 27.6. The number of aryl methyl sites for hydroxylation is 2. The Balaban J connectivity index is 0.00000169. The Morgan fingerprint density at radius 3 is 1.36 bits per heavy atom. The summed E-state index contributed by atoms with van der Waals surface area (Å²) in [6, 6.07) is 37.7. The van der Waals surface area contributed by atoms with E-state index in [1.54, 1.807) is 36.7 Å². The molecule has 0 saturated carbocycles. The molecule has 0 saturated heterocycles. The number of hydrogen-bond acceptors (Lipinski definition) is 4. The maximum absolute atomic E-state index is 10.6. The van der Waals surface area contributed by atoms with Gasteiger partial charge in [0.2, 0.25) is 0 Å². The fraction of sp³-hybridized carbons (Fsp3) is 0.0811. The van der Waals surface area contributed by atoms with E-state index in [9.17, 15) is 10.2 Å². The standard InChI is InChI=1S/C36H26N2O2.CH4.Co.2Y/c1-23-9-7-13-27(35(23)39)21-37-31-19-17-25-11-3-5-15-29(25)33(31)34-30-16-6-4-12-26(30)18-20-32(34)38-22-28-14-8-10-24(2)36(28)40;;;;/h3-6,9-22,39-40H,1-2H3;1H4;;;/q-2;;;;. The van der Waals surface area contributed by atoms with Crippen molar-refractivity contribution >= 4 is 45.3 Å². The van der Waals surface area contributed by atoms with Gasteiger partial charge >= 0.3 is 0 Å². The second-order valence-electron chi connectivity index (χ2n) is 9.76. The third-order valence-corrected chi connectivity index (χ3v) is 7.12. The van der Waals surface area contributed by atoms with Crippen molar-refractivity contribution in [3.05, 3.63) is 131 Å². The molecule has 4 nitrogen and oxygen atoms in total. The summed E-state index contributed by atoms with van der Waals surface area (Å²) < 4.78 is 0. The third-order valence-electron chi connectivity index (χ3n) is 7.12.